The van der Waals surface area contributed by atoms with E-state index in [2.05, 4.69) is 10.1 Å². The van der Waals surface area contributed by atoms with E-state index in [4.69, 9.17) is 9.26 Å². The van der Waals surface area contributed by atoms with E-state index in [1.165, 1.54) is 17.5 Å². The maximum atomic E-state index is 12.3. The molecule has 0 atom stereocenters. The number of ether oxygens (including phenoxy) is 1. The highest BCUT2D eigenvalue weighted by Gasteiger charge is 2.16. The number of ketones is 1. The molecule has 0 N–H and O–H groups in total. The van der Waals surface area contributed by atoms with Crippen molar-refractivity contribution in [1.29, 1.82) is 0 Å². The number of thiophene rings is 1. The quantitative estimate of drug-likeness (QED) is 0.443. The van der Waals surface area contributed by atoms with Gasteiger partial charge in [-0.3, -0.25) is 9.59 Å². The molecule has 0 amide bonds. The first-order valence-electron chi connectivity index (χ1n) is 9.35. The number of fused-ring (bicyclic) bond motifs is 1. The van der Waals surface area contributed by atoms with Crippen molar-refractivity contribution in [3.63, 3.8) is 0 Å². The molecule has 7 heteroatoms. The fourth-order valence-electron chi connectivity index (χ4n) is 3.28. The molecule has 2 aromatic heterocycles. The SMILES string of the molecule is O=C(CCc1nc(-c2ccsc2)no1)OCC(=O)c1ccc2c(c1)CCCC2. The van der Waals surface area contributed by atoms with Gasteiger partial charge in [0.15, 0.2) is 12.4 Å². The van der Waals surface area contributed by atoms with E-state index in [1.54, 1.807) is 11.3 Å². The Kier molecular flexibility index (Phi) is 5.62. The van der Waals surface area contributed by atoms with E-state index in [9.17, 15) is 9.59 Å². The van der Waals surface area contributed by atoms with Gasteiger partial charge in [-0.1, -0.05) is 17.3 Å². The summed E-state index contributed by atoms with van der Waals surface area (Å²) in [6.45, 7) is -0.248. The van der Waals surface area contributed by atoms with Gasteiger partial charge in [0.2, 0.25) is 11.7 Å². The largest absolute Gasteiger partial charge is 0.457 e. The van der Waals surface area contributed by atoms with Gasteiger partial charge in [-0.2, -0.15) is 16.3 Å². The molecule has 1 aromatic carbocycles. The Labute approximate surface area is 166 Å². The minimum absolute atomic E-state index is 0.0860. The Morgan fingerprint density at radius 3 is 2.82 bits per heavy atom. The maximum absolute atomic E-state index is 12.3. The van der Waals surface area contributed by atoms with Crippen molar-refractivity contribution in [1.82, 2.24) is 10.1 Å². The number of aromatic nitrogens is 2. The highest BCUT2D eigenvalue weighted by molar-refractivity contribution is 7.08. The van der Waals surface area contributed by atoms with Crippen LogP contribution in [0.3, 0.4) is 0 Å². The van der Waals surface area contributed by atoms with Crippen LogP contribution in [-0.4, -0.2) is 28.5 Å². The number of benzene rings is 1. The first kappa shape index (κ1) is 18.6. The lowest BCUT2D eigenvalue weighted by Crippen LogP contribution is -2.15. The van der Waals surface area contributed by atoms with Gasteiger partial charge in [0, 0.05) is 22.9 Å². The molecule has 1 aliphatic carbocycles. The van der Waals surface area contributed by atoms with Crippen LogP contribution < -0.4 is 0 Å². The first-order valence-corrected chi connectivity index (χ1v) is 10.3. The molecule has 144 valence electrons. The van der Waals surface area contributed by atoms with E-state index < -0.39 is 5.97 Å². The number of esters is 1. The summed E-state index contributed by atoms with van der Waals surface area (Å²) < 4.78 is 10.3. The number of carbonyl (C=O) groups excluding carboxylic acids is 2. The second-order valence-electron chi connectivity index (χ2n) is 6.80. The molecule has 2 heterocycles. The van der Waals surface area contributed by atoms with Crippen molar-refractivity contribution in [3.8, 4) is 11.4 Å². The molecule has 0 fully saturated rings. The zero-order valence-corrected chi connectivity index (χ0v) is 16.2. The number of hydrogen-bond acceptors (Lipinski definition) is 7. The second kappa shape index (κ2) is 8.48. The van der Waals surface area contributed by atoms with Crippen molar-refractivity contribution < 1.29 is 18.8 Å². The summed E-state index contributed by atoms with van der Waals surface area (Å²) in [5, 5.41) is 7.76. The van der Waals surface area contributed by atoms with E-state index in [0.717, 1.165) is 24.8 Å². The van der Waals surface area contributed by atoms with Crippen molar-refractivity contribution >= 4 is 23.1 Å². The van der Waals surface area contributed by atoms with E-state index >= 15 is 0 Å². The maximum Gasteiger partial charge on any atom is 0.306 e. The average Bonchev–Trinajstić information content (AvgIpc) is 3.41. The lowest BCUT2D eigenvalue weighted by Gasteiger charge is -2.16. The Morgan fingerprint density at radius 1 is 1.14 bits per heavy atom. The molecule has 6 nitrogen and oxygen atoms in total. The van der Waals surface area contributed by atoms with Crippen molar-refractivity contribution in [2.45, 2.75) is 38.5 Å². The third-order valence-electron chi connectivity index (χ3n) is 4.83. The van der Waals surface area contributed by atoms with Crippen LogP contribution in [0.2, 0.25) is 0 Å². The Hall–Kier alpha value is -2.80. The summed E-state index contributed by atoms with van der Waals surface area (Å²) in [4.78, 5) is 28.5. The standard InChI is InChI=1S/C21H20N2O4S/c24-18(16-6-5-14-3-1-2-4-15(14)11-16)12-26-20(25)8-7-19-22-21(23-27-19)17-9-10-28-13-17/h5-6,9-11,13H,1-4,7-8,12H2. The molecule has 0 unspecified atom stereocenters. The topological polar surface area (TPSA) is 82.3 Å². The Balaban J connectivity index is 1.26. The van der Waals surface area contributed by atoms with Crippen LogP contribution in [0.5, 0.6) is 0 Å². The van der Waals surface area contributed by atoms with Crippen LogP contribution in [0.1, 0.15) is 46.6 Å². The van der Waals surface area contributed by atoms with Gasteiger partial charge in [-0.05, 0) is 54.3 Å². The minimum atomic E-state index is -0.457. The van der Waals surface area contributed by atoms with Crippen LogP contribution in [0.4, 0.5) is 0 Å². The van der Waals surface area contributed by atoms with Crippen LogP contribution in [0.25, 0.3) is 11.4 Å². The predicted octanol–water partition coefficient (Wildman–Crippen LogP) is 4.04. The van der Waals surface area contributed by atoms with E-state index in [1.807, 2.05) is 35.0 Å². The molecular weight excluding hydrogens is 376 g/mol. The summed E-state index contributed by atoms with van der Waals surface area (Å²) in [6.07, 6.45) is 4.80. The fourth-order valence-corrected chi connectivity index (χ4v) is 3.92. The van der Waals surface area contributed by atoms with Crippen molar-refractivity contribution in [3.05, 3.63) is 57.6 Å². The third kappa shape index (κ3) is 4.36. The summed E-state index contributed by atoms with van der Waals surface area (Å²) in [7, 11) is 0. The number of carbonyl (C=O) groups is 2. The molecule has 0 radical (unpaired) electrons. The molecule has 0 saturated heterocycles. The molecule has 3 aromatic rings. The number of Topliss-reactive ketones (excluding diaryl/α,β-unsaturated/α-hetero) is 1. The van der Waals surface area contributed by atoms with Gasteiger partial charge in [-0.25, -0.2) is 0 Å². The summed E-state index contributed by atoms with van der Waals surface area (Å²) in [6, 6.07) is 7.68. The number of hydrogen-bond donors (Lipinski definition) is 0. The smallest absolute Gasteiger partial charge is 0.306 e. The average molecular weight is 396 g/mol. The number of rotatable bonds is 7. The molecule has 4 rings (SSSR count). The van der Waals surface area contributed by atoms with Gasteiger partial charge in [0.25, 0.3) is 0 Å². The van der Waals surface area contributed by atoms with Gasteiger partial charge >= 0.3 is 5.97 Å². The third-order valence-corrected chi connectivity index (χ3v) is 5.51. The molecular formula is C21H20N2O4S. The van der Waals surface area contributed by atoms with Gasteiger partial charge < -0.3 is 9.26 Å². The molecule has 0 aliphatic heterocycles. The lowest BCUT2D eigenvalue weighted by molar-refractivity contribution is -0.142. The van der Waals surface area contributed by atoms with E-state index in [0.29, 0.717) is 17.3 Å². The van der Waals surface area contributed by atoms with Crippen molar-refractivity contribution in [2.75, 3.05) is 6.61 Å². The van der Waals surface area contributed by atoms with Crippen LogP contribution in [0.15, 0.2) is 39.5 Å². The van der Waals surface area contributed by atoms with Crippen LogP contribution in [-0.2, 0) is 28.8 Å². The summed E-state index contributed by atoms with van der Waals surface area (Å²) >= 11 is 1.55. The predicted molar refractivity (Wildman–Crippen MR) is 104 cm³/mol. The van der Waals surface area contributed by atoms with Crippen LogP contribution in [0, 0.1) is 0 Å². The Morgan fingerprint density at radius 2 is 2.00 bits per heavy atom. The van der Waals surface area contributed by atoms with Crippen molar-refractivity contribution in [2.24, 2.45) is 0 Å². The highest BCUT2D eigenvalue weighted by atomic mass is 32.1. The molecule has 1 aliphatic rings. The minimum Gasteiger partial charge on any atom is -0.457 e. The van der Waals surface area contributed by atoms with Gasteiger partial charge in [0.05, 0.1) is 6.42 Å². The first-order chi connectivity index (χ1) is 13.7. The number of nitrogens with zero attached hydrogens (tertiary/aromatic N) is 2. The molecule has 28 heavy (non-hydrogen) atoms. The van der Waals surface area contributed by atoms with Crippen LogP contribution >= 0.6 is 11.3 Å². The lowest BCUT2D eigenvalue weighted by atomic mass is 9.90. The second-order valence-corrected chi connectivity index (χ2v) is 7.58. The van der Waals surface area contributed by atoms with Gasteiger partial charge in [0.1, 0.15) is 0 Å². The molecule has 0 saturated carbocycles. The fraction of sp³-hybridized carbons (Fsp3) is 0.333. The zero-order valence-electron chi connectivity index (χ0n) is 15.3. The normalized spacial score (nSPS) is 13.1. The molecule has 0 bridgehead atoms. The summed E-state index contributed by atoms with van der Waals surface area (Å²) in [5.74, 6) is 0.243. The monoisotopic (exact) mass is 396 g/mol. The van der Waals surface area contributed by atoms with Gasteiger partial charge in [-0.15, -0.1) is 0 Å². The number of aryl methyl sites for hydroxylation is 3. The highest BCUT2D eigenvalue weighted by Crippen LogP contribution is 2.22. The Bertz CT molecular complexity index is 978. The molecule has 0 spiro atoms. The zero-order chi connectivity index (χ0) is 19.3. The van der Waals surface area contributed by atoms with E-state index in [-0.39, 0.29) is 25.2 Å². The summed E-state index contributed by atoms with van der Waals surface area (Å²) in [5.41, 5.74) is 4.05.